The van der Waals surface area contributed by atoms with E-state index in [1.807, 2.05) is 0 Å². The van der Waals surface area contributed by atoms with Gasteiger partial charge in [0.2, 0.25) is 15.9 Å². The van der Waals surface area contributed by atoms with Crippen LogP contribution in [0.3, 0.4) is 0 Å². The molecule has 0 aliphatic carbocycles. The van der Waals surface area contributed by atoms with E-state index in [1.165, 1.54) is 28.6 Å². The molecule has 1 amide bonds. The zero-order valence-corrected chi connectivity index (χ0v) is 16.6. The summed E-state index contributed by atoms with van der Waals surface area (Å²) in [6, 6.07) is 12.4. The van der Waals surface area contributed by atoms with Crippen LogP contribution >= 0.6 is 0 Å². The predicted octanol–water partition coefficient (Wildman–Crippen LogP) is 3.68. The fourth-order valence-electron chi connectivity index (χ4n) is 3.48. The smallest absolute Gasteiger partial charge is 0.326 e. The lowest BCUT2D eigenvalue weighted by atomic mass is 9.94. The Bertz CT molecular complexity index is 992. The van der Waals surface area contributed by atoms with E-state index in [0.717, 1.165) is 17.4 Å². The second-order valence-corrected chi connectivity index (χ2v) is 9.03. The zero-order chi connectivity index (χ0) is 21.2. The number of halogens is 3. The molecular weight excluding hydrogens is 405 g/mol. The average Bonchev–Trinajstić information content (AvgIpc) is 2.65. The number of alkyl halides is 3. The highest BCUT2D eigenvalue weighted by atomic mass is 32.2. The maximum absolute atomic E-state index is 13.5. The van der Waals surface area contributed by atoms with Crippen molar-refractivity contribution >= 4 is 21.6 Å². The normalized spacial score (nSPS) is 16.1. The van der Waals surface area contributed by atoms with Crippen LogP contribution in [-0.2, 0) is 27.8 Å². The summed E-state index contributed by atoms with van der Waals surface area (Å²) in [6.07, 6.45) is -3.78. The highest BCUT2D eigenvalue weighted by molar-refractivity contribution is 7.88. The lowest BCUT2D eigenvalue weighted by Crippen LogP contribution is -2.35. The SMILES string of the molecule is CS(=O)(=O)N1CCc2c(cccc2NC(=O)CC(c2ccccc2)C(F)(F)F)C1. The molecule has 2 aromatic carbocycles. The van der Waals surface area contributed by atoms with Crippen LogP contribution in [0.25, 0.3) is 0 Å². The number of rotatable bonds is 5. The van der Waals surface area contributed by atoms with Crippen molar-refractivity contribution in [1.29, 1.82) is 0 Å². The summed E-state index contributed by atoms with van der Waals surface area (Å²) in [6.45, 7) is 0.432. The fourth-order valence-corrected chi connectivity index (χ4v) is 4.27. The molecule has 0 bridgehead atoms. The second kappa shape index (κ2) is 8.16. The number of hydrogen-bond donors (Lipinski definition) is 1. The van der Waals surface area contributed by atoms with Crippen LogP contribution < -0.4 is 5.32 Å². The first-order valence-electron chi connectivity index (χ1n) is 9.03. The van der Waals surface area contributed by atoms with Crippen LogP contribution in [0.2, 0.25) is 0 Å². The van der Waals surface area contributed by atoms with E-state index < -0.39 is 34.4 Å². The van der Waals surface area contributed by atoms with Crippen molar-refractivity contribution in [2.75, 3.05) is 18.1 Å². The van der Waals surface area contributed by atoms with E-state index in [2.05, 4.69) is 5.32 Å². The number of nitrogens with one attached hydrogen (secondary N) is 1. The number of benzene rings is 2. The third-order valence-corrected chi connectivity index (χ3v) is 6.21. The second-order valence-electron chi connectivity index (χ2n) is 7.05. The lowest BCUT2D eigenvalue weighted by Gasteiger charge is -2.28. The Morgan fingerprint density at radius 3 is 2.45 bits per heavy atom. The Hall–Kier alpha value is -2.39. The molecule has 29 heavy (non-hydrogen) atoms. The molecule has 1 unspecified atom stereocenters. The van der Waals surface area contributed by atoms with Crippen LogP contribution in [0.4, 0.5) is 18.9 Å². The van der Waals surface area contributed by atoms with Gasteiger partial charge in [-0.05, 0) is 29.2 Å². The lowest BCUT2D eigenvalue weighted by molar-refractivity contribution is -0.155. The number of amides is 1. The summed E-state index contributed by atoms with van der Waals surface area (Å²) in [5, 5.41) is 2.59. The average molecular weight is 426 g/mol. The van der Waals surface area contributed by atoms with Crippen LogP contribution in [0.5, 0.6) is 0 Å². The molecule has 3 rings (SSSR count). The molecule has 0 spiro atoms. The predicted molar refractivity (Wildman–Crippen MR) is 104 cm³/mol. The first-order valence-corrected chi connectivity index (χ1v) is 10.9. The number of nitrogens with zero attached hydrogens (tertiary/aromatic N) is 1. The van der Waals surface area contributed by atoms with Crippen LogP contribution in [-0.4, -0.2) is 37.6 Å². The topological polar surface area (TPSA) is 66.5 Å². The summed E-state index contributed by atoms with van der Waals surface area (Å²) in [5.41, 5.74) is 1.95. The minimum Gasteiger partial charge on any atom is -0.326 e. The van der Waals surface area contributed by atoms with E-state index in [4.69, 9.17) is 0 Å². The van der Waals surface area contributed by atoms with Gasteiger partial charge in [0, 0.05) is 25.2 Å². The molecule has 9 heteroatoms. The van der Waals surface area contributed by atoms with Gasteiger partial charge in [-0.25, -0.2) is 8.42 Å². The Morgan fingerprint density at radius 2 is 1.83 bits per heavy atom. The van der Waals surface area contributed by atoms with E-state index in [1.54, 1.807) is 24.3 Å². The standard InChI is InChI=1S/C20H21F3N2O3S/c1-29(27,28)25-11-10-16-15(13-25)8-5-9-18(16)24-19(26)12-17(20(21,22)23)14-6-3-2-4-7-14/h2-9,17H,10-13H2,1H3,(H,24,26). The number of sulfonamides is 1. The quantitative estimate of drug-likeness (QED) is 0.793. The zero-order valence-electron chi connectivity index (χ0n) is 15.7. The molecule has 1 N–H and O–H groups in total. The van der Waals surface area contributed by atoms with Gasteiger partial charge in [0.05, 0.1) is 12.2 Å². The third kappa shape index (κ3) is 5.16. The van der Waals surface area contributed by atoms with E-state index in [9.17, 15) is 26.4 Å². The van der Waals surface area contributed by atoms with Crippen molar-refractivity contribution in [3.63, 3.8) is 0 Å². The van der Waals surface area contributed by atoms with Gasteiger partial charge in [-0.3, -0.25) is 4.79 Å². The molecule has 1 aliphatic heterocycles. The summed E-state index contributed by atoms with van der Waals surface area (Å²) < 4.78 is 65.3. The maximum atomic E-state index is 13.5. The van der Waals surface area contributed by atoms with Gasteiger partial charge < -0.3 is 5.32 Å². The molecule has 1 atom stereocenters. The summed E-state index contributed by atoms with van der Waals surface area (Å²) in [5.74, 6) is -2.64. The van der Waals surface area contributed by atoms with Crippen LogP contribution in [0.1, 0.15) is 29.0 Å². The van der Waals surface area contributed by atoms with Crippen LogP contribution in [0.15, 0.2) is 48.5 Å². The molecule has 0 saturated heterocycles. The van der Waals surface area contributed by atoms with Crippen molar-refractivity contribution in [3.8, 4) is 0 Å². The molecule has 0 fully saturated rings. The molecule has 2 aromatic rings. The number of carbonyl (C=O) groups excluding carboxylic acids is 1. The van der Waals surface area contributed by atoms with Crippen molar-refractivity contribution < 1.29 is 26.4 Å². The molecule has 0 saturated carbocycles. The van der Waals surface area contributed by atoms with Gasteiger partial charge >= 0.3 is 6.18 Å². The van der Waals surface area contributed by atoms with Crippen molar-refractivity contribution in [2.45, 2.75) is 31.5 Å². The van der Waals surface area contributed by atoms with Crippen molar-refractivity contribution in [1.82, 2.24) is 4.31 Å². The Kier molecular flexibility index (Phi) is 6.00. The fraction of sp³-hybridized carbons (Fsp3) is 0.350. The van der Waals surface area contributed by atoms with E-state index >= 15 is 0 Å². The van der Waals surface area contributed by atoms with Gasteiger partial charge in [0.15, 0.2) is 0 Å². The third-order valence-electron chi connectivity index (χ3n) is 4.96. The highest BCUT2D eigenvalue weighted by Crippen LogP contribution is 2.38. The largest absolute Gasteiger partial charge is 0.396 e. The van der Waals surface area contributed by atoms with Crippen LogP contribution in [0, 0.1) is 0 Å². The first-order chi connectivity index (χ1) is 13.6. The van der Waals surface area contributed by atoms with Crippen molar-refractivity contribution in [3.05, 3.63) is 65.2 Å². The van der Waals surface area contributed by atoms with Gasteiger partial charge in [0.25, 0.3) is 0 Å². The summed E-state index contributed by atoms with van der Waals surface area (Å²) in [4.78, 5) is 12.4. The number of anilines is 1. The minimum atomic E-state index is -4.55. The Labute approximate surface area is 167 Å². The number of carbonyl (C=O) groups is 1. The maximum Gasteiger partial charge on any atom is 0.396 e. The molecule has 1 aliphatic rings. The Morgan fingerprint density at radius 1 is 1.14 bits per heavy atom. The molecule has 156 valence electrons. The minimum absolute atomic E-state index is 0.0361. The van der Waals surface area contributed by atoms with Gasteiger partial charge in [-0.2, -0.15) is 17.5 Å². The van der Waals surface area contributed by atoms with Gasteiger partial charge in [-0.15, -0.1) is 0 Å². The van der Waals surface area contributed by atoms with Crippen molar-refractivity contribution in [2.24, 2.45) is 0 Å². The first kappa shape index (κ1) is 21.3. The molecule has 0 aromatic heterocycles. The number of hydrogen-bond acceptors (Lipinski definition) is 3. The van der Waals surface area contributed by atoms with Gasteiger partial charge in [0.1, 0.15) is 0 Å². The van der Waals surface area contributed by atoms with E-state index in [0.29, 0.717) is 12.1 Å². The highest BCUT2D eigenvalue weighted by Gasteiger charge is 2.42. The molecule has 0 radical (unpaired) electrons. The molecule has 5 nitrogen and oxygen atoms in total. The molecular formula is C20H21F3N2O3S. The molecule has 1 heterocycles. The van der Waals surface area contributed by atoms with E-state index in [-0.39, 0.29) is 18.7 Å². The number of fused-ring (bicyclic) bond motifs is 1. The Balaban J connectivity index is 1.78. The summed E-state index contributed by atoms with van der Waals surface area (Å²) in [7, 11) is -3.35. The summed E-state index contributed by atoms with van der Waals surface area (Å²) >= 11 is 0. The monoisotopic (exact) mass is 426 g/mol. The van der Waals surface area contributed by atoms with Gasteiger partial charge in [-0.1, -0.05) is 42.5 Å².